The predicted molar refractivity (Wildman–Crippen MR) is 67.7 cm³/mol. The molecule has 0 bridgehead atoms. The van der Waals surface area contributed by atoms with E-state index in [0.29, 0.717) is 12.6 Å². The Balaban J connectivity index is 2.46. The van der Waals surface area contributed by atoms with Crippen molar-refractivity contribution in [3.05, 3.63) is 5.28 Å². The van der Waals surface area contributed by atoms with Crippen LogP contribution in [0.4, 0.5) is 5.95 Å². The zero-order chi connectivity index (χ0) is 12.7. The van der Waals surface area contributed by atoms with Gasteiger partial charge in [-0.1, -0.05) is 0 Å². The Morgan fingerprint density at radius 3 is 2.71 bits per heavy atom. The van der Waals surface area contributed by atoms with Crippen LogP contribution in [0.25, 0.3) is 0 Å². The molecule has 0 saturated heterocycles. The van der Waals surface area contributed by atoms with Crippen molar-refractivity contribution in [2.45, 2.75) is 13.3 Å². The van der Waals surface area contributed by atoms with Crippen LogP contribution in [0.3, 0.4) is 0 Å². The van der Waals surface area contributed by atoms with Crippen LogP contribution in [0.15, 0.2) is 0 Å². The van der Waals surface area contributed by atoms with E-state index in [1.807, 2.05) is 21.0 Å². The lowest BCUT2D eigenvalue weighted by molar-refractivity contribution is 0.312. The second-order valence-corrected chi connectivity index (χ2v) is 4.07. The Morgan fingerprint density at radius 2 is 2.06 bits per heavy atom. The highest BCUT2D eigenvalue weighted by Gasteiger charge is 2.04. The van der Waals surface area contributed by atoms with Gasteiger partial charge < -0.3 is 15.0 Å². The number of hydrogen-bond donors (Lipinski definition) is 1. The molecule has 1 aromatic heterocycles. The lowest BCUT2D eigenvalue weighted by Crippen LogP contribution is -2.17. The highest BCUT2D eigenvalue weighted by Crippen LogP contribution is 2.11. The van der Waals surface area contributed by atoms with Gasteiger partial charge in [-0.25, -0.2) is 0 Å². The largest absolute Gasteiger partial charge is 0.464 e. The van der Waals surface area contributed by atoms with Gasteiger partial charge in [0.1, 0.15) is 0 Å². The minimum Gasteiger partial charge on any atom is -0.464 e. The zero-order valence-electron chi connectivity index (χ0n) is 10.4. The van der Waals surface area contributed by atoms with Gasteiger partial charge >= 0.3 is 6.01 Å². The Morgan fingerprint density at radius 1 is 1.29 bits per heavy atom. The quantitative estimate of drug-likeness (QED) is 0.745. The van der Waals surface area contributed by atoms with E-state index < -0.39 is 0 Å². The topological polar surface area (TPSA) is 63.2 Å². The van der Waals surface area contributed by atoms with Gasteiger partial charge in [0.25, 0.3) is 0 Å². The van der Waals surface area contributed by atoms with Crippen molar-refractivity contribution in [1.29, 1.82) is 0 Å². The summed E-state index contributed by atoms with van der Waals surface area (Å²) < 4.78 is 5.18. The van der Waals surface area contributed by atoms with Crippen LogP contribution < -0.4 is 10.1 Å². The van der Waals surface area contributed by atoms with E-state index in [4.69, 9.17) is 16.3 Å². The van der Waals surface area contributed by atoms with Crippen molar-refractivity contribution in [2.24, 2.45) is 0 Å². The molecule has 96 valence electrons. The molecule has 0 unspecified atom stereocenters. The molecular formula is C10H18ClN5O. The summed E-state index contributed by atoms with van der Waals surface area (Å²) in [6.07, 6.45) is 1.00. The maximum absolute atomic E-state index is 5.76. The molecule has 0 aliphatic carbocycles. The third kappa shape index (κ3) is 5.65. The average molecular weight is 260 g/mol. The van der Waals surface area contributed by atoms with Gasteiger partial charge in [-0.3, -0.25) is 0 Å². The number of ether oxygens (including phenoxy) is 1. The van der Waals surface area contributed by atoms with E-state index in [1.165, 1.54) is 0 Å². The van der Waals surface area contributed by atoms with Gasteiger partial charge in [-0.05, 0) is 45.6 Å². The predicted octanol–water partition coefficient (Wildman–Crippen LogP) is 1.29. The fourth-order valence-electron chi connectivity index (χ4n) is 1.20. The summed E-state index contributed by atoms with van der Waals surface area (Å²) in [5.74, 6) is 0.451. The number of aromatic nitrogens is 3. The average Bonchev–Trinajstić information content (AvgIpc) is 2.24. The third-order valence-corrected chi connectivity index (χ3v) is 2.10. The van der Waals surface area contributed by atoms with Crippen molar-refractivity contribution in [3.8, 4) is 6.01 Å². The van der Waals surface area contributed by atoms with Crippen molar-refractivity contribution in [2.75, 3.05) is 39.1 Å². The van der Waals surface area contributed by atoms with Gasteiger partial charge in [-0.15, -0.1) is 0 Å². The third-order valence-electron chi connectivity index (χ3n) is 1.93. The molecule has 0 amide bonds. The fourth-order valence-corrected chi connectivity index (χ4v) is 1.35. The Hall–Kier alpha value is -1.14. The minimum atomic E-state index is 0.138. The van der Waals surface area contributed by atoms with Crippen molar-refractivity contribution in [3.63, 3.8) is 0 Å². The second kappa shape index (κ2) is 7.24. The number of rotatable bonds is 7. The van der Waals surface area contributed by atoms with E-state index in [0.717, 1.165) is 19.5 Å². The smallest absolute Gasteiger partial charge is 0.322 e. The lowest BCUT2D eigenvalue weighted by atomic mass is 10.4. The molecule has 1 N–H and O–H groups in total. The van der Waals surface area contributed by atoms with E-state index in [1.54, 1.807) is 0 Å². The molecule has 0 aromatic carbocycles. The molecule has 0 spiro atoms. The van der Waals surface area contributed by atoms with Crippen molar-refractivity contribution in [1.82, 2.24) is 19.9 Å². The number of hydrogen-bond acceptors (Lipinski definition) is 6. The molecule has 7 heteroatoms. The summed E-state index contributed by atoms with van der Waals surface area (Å²) in [5, 5.41) is 3.22. The number of halogens is 1. The molecule has 1 aromatic rings. The number of anilines is 1. The molecule has 1 heterocycles. The molecule has 0 atom stereocenters. The van der Waals surface area contributed by atoms with Crippen LogP contribution >= 0.6 is 11.6 Å². The molecule has 0 radical (unpaired) electrons. The van der Waals surface area contributed by atoms with Crippen LogP contribution in [0.5, 0.6) is 6.01 Å². The molecule has 0 aliphatic heterocycles. The van der Waals surface area contributed by atoms with E-state index in [2.05, 4.69) is 25.2 Å². The minimum absolute atomic E-state index is 0.138. The summed E-state index contributed by atoms with van der Waals surface area (Å²) in [7, 11) is 4.07. The van der Waals surface area contributed by atoms with Gasteiger partial charge in [0.15, 0.2) is 0 Å². The summed E-state index contributed by atoms with van der Waals surface area (Å²) in [4.78, 5) is 14.0. The Kier molecular flexibility index (Phi) is 5.93. The number of nitrogens with zero attached hydrogens (tertiary/aromatic N) is 4. The molecule has 6 nitrogen and oxygen atoms in total. The monoisotopic (exact) mass is 259 g/mol. The second-order valence-electron chi connectivity index (χ2n) is 3.73. The van der Waals surface area contributed by atoms with Crippen LogP contribution in [0.2, 0.25) is 5.28 Å². The molecule has 1 rings (SSSR count). The van der Waals surface area contributed by atoms with Crippen molar-refractivity contribution >= 4 is 17.5 Å². The molecular weight excluding hydrogens is 242 g/mol. The summed E-state index contributed by atoms with van der Waals surface area (Å²) in [6.45, 7) is 4.15. The van der Waals surface area contributed by atoms with Gasteiger partial charge in [-0.2, -0.15) is 15.0 Å². The normalized spacial score (nSPS) is 10.6. The first-order valence-corrected chi connectivity index (χ1v) is 5.92. The van der Waals surface area contributed by atoms with Gasteiger partial charge in [0.2, 0.25) is 11.2 Å². The van der Waals surface area contributed by atoms with Gasteiger partial charge in [0, 0.05) is 6.54 Å². The van der Waals surface area contributed by atoms with Crippen LogP contribution in [0.1, 0.15) is 13.3 Å². The standard InChI is InChI=1S/C10H18ClN5O/c1-4-17-10-14-8(11)13-9(15-10)12-6-5-7-16(2)3/h4-7H2,1-3H3,(H,12,13,14,15). The van der Waals surface area contributed by atoms with Crippen LogP contribution in [-0.4, -0.2) is 53.6 Å². The van der Waals surface area contributed by atoms with Crippen LogP contribution in [-0.2, 0) is 0 Å². The van der Waals surface area contributed by atoms with Crippen LogP contribution in [0, 0.1) is 0 Å². The first kappa shape index (κ1) is 13.9. The fraction of sp³-hybridized carbons (Fsp3) is 0.700. The zero-order valence-corrected chi connectivity index (χ0v) is 11.2. The van der Waals surface area contributed by atoms with E-state index in [9.17, 15) is 0 Å². The van der Waals surface area contributed by atoms with Crippen molar-refractivity contribution < 1.29 is 4.74 Å². The summed E-state index contributed by atoms with van der Waals surface area (Å²) in [6, 6.07) is 0.252. The Labute approximate surface area is 106 Å². The first-order chi connectivity index (χ1) is 8.11. The SMILES string of the molecule is CCOc1nc(Cl)nc(NCCCN(C)C)n1. The number of nitrogens with one attached hydrogen (secondary N) is 1. The highest BCUT2D eigenvalue weighted by molar-refractivity contribution is 6.28. The molecule has 17 heavy (non-hydrogen) atoms. The lowest BCUT2D eigenvalue weighted by Gasteiger charge is -2.10. The summed E-state index contributed by atoms with van der Waals surface area (Å²) >= 11 is 5.76. The van der Waals surface area contributed by atoms with Gasteiger partial charge in [0.05, 0.1) is 6.61 Å². The van der Waals surface area contributed by atoms with E-state index in [-0.39, 0.29) is 11.3 Å². The maximum Gasteiger partial charge on any atom is 0.322 e. The maximum atomic E-state index is 5.76. The Bertz CT molecular complexity index is 347. The summed E-state index contributed by atoms with van der Waals surface area (Å²) in [5.41, 5.74) is 0. The highest BCUT2D eigenvalue weighted by atomic mass is 35.5. The first-order valence-electron chi connectivity index (χ1n) is 5.54. The molecule has 0 fully saturated rings. The molecule has 0 saturated carbocycles. The molecule has 0 aliphatic rings. The van der Waals surface area contributed by atoms with E-state index >= 15 is 0 Å².